The van der Waals surface area contributed by atoms with E-state index >= 15 is 0 Å². The van der Waals surface area contributed by atoms with Crippen molar-refractivity contribution in [1.82, 2.24) is 10.2 Å². The van der Waals surface area contributed by atoms with Crippen LogP contribution >= 0.6 is 0 Å². The quantitative estimate of drug-likeness (QED) is 0.651. The van der Waals surface area contributed by atoms with Crippen LogP contribution in [-0.4, -0.2) is 15.3 Å². The first kappa shape index (κ1) is 9.58. The molecule has 1 aromatic heterocycles. The van der Waals surface area contributed by atoms with Gasteiger partial charge in [0.25, 0.3) is 0 Å². The van der Waals surface area contributed by atoms with Gasteiger partial charge in [-0.3, -0.25) is 5.10 Å². The van der Waals surface area contributed by atoms with Crippen molar-refractivity contribution in [3.63, 3.8) is 0 Å². The Morgan fingerprint density at radius 2 is 2.00 bits per heavy atom. The van der Waals surface area contributed by atoms with E-state index in [0.717, 1.165) is 16.6 Å². The number of nitrogens with one attached hydrogen (secondary N) is 1. The fourth-order valence-electron chi connectivity index (χ4n) is 1.13. The molecule has 1 aromatic carbocycles. The first-order valence-electron chi connectivity index (χ1n) is 4.41. The van der Waals surface area contributed by atoms with Crippen LogP contribution in [0, 0.1) is 6.92 Å². The molecular formula is C10H14N2O. The number of aromatic amines is 1. The Kier molecular flexibility index (Phi) is 2.90. The average molecular weight is 178 g/mol. The molecule has 0 unspecified atom stereocenters. The molecule has 0 amide bonds. The zero-order chi connectivity index (χ0) is 9.84. The zero-order valence-electron chi connectivity index (χ0n) is 8.13. The van der Waals surface area contributed by atoms with Gasteiger partial charge < -0.3 is 5.11 Å². The van der Waals surface area contributed by atoms with Crippen molar-refractivity contribution in [2.24, 2.45) is 0 Å². The molecule has 0 aliphatic rings. The average Bonchev–Trinajstić information content (AvgIpc) is 2.52. The minimum absolute atomic E-state index is 0.280. The van der Waals surface area contributed by atoms with Crippen molar-refractivity contribution in [1.29, 1.82) is 0 Å². The minimum Gasteiger partial charge on any atom is -0.508 e. The lowest BCUT2D eigenvalue weighted by atomic mass is 10.2. The molecule has 0 saturated heterocycles. The van der Waals surface area contributed by atoms with Gasteiger partial charge in [-0.1, -0.05) is 13.8 Å². The normalized spacial score (nSPS) is 9.46. The molecule has 2 rings (SSSR count). The molecule has 0 bridgehead atoms. The van der Waals surface area contributed by atoms with Gasteiger partial charge in [0.2, 0.25) is 0 Å². The number of aromatic hydroxyl groups is 1. The van der Waals surface area contributed by atoms with E-state index in [4.69, 9.17) is 5.11 Å². The Labute approximate surface area is 77.4 Å². The molecule has 0 radical (unpaired) electrons. The number of hydrogen-bond acceptors (Lipinski definition) is 2. The standard InChI is InChI=1S/C8H8N2O.C2H6/c1-5-7-4-6(11)2-3-8(7)10-9-5;1-2/h2-4,11H,1H3,(H,9,10);1-2H3. The Bertz CT molecular complexity index is 393. The van der Waals surface area contributed by atoms with Crippen LogP contribution in [-0.2, 0) is 0 Å². The molecule has 0 atom stereocenters. The molecular weight excluding hydrogens is 164 g/mol. The summed E-state index contributed by atoms with van der Waals surface area (Å²) in [6, 6.07) is 5.12. The van der Waals surface area contributed by atoms with E-state index in [2.05, 4.69) is 10.2 Å². The van der Waals surface area contributed by atoms with Crippen molar-refractivity contribution >= 4 is 10.9 Å². The number of phenols is 1. The van der Waals surface area contributed by atoms with E-state index in [1.54, 1.807) is 18.2 Å². The monoisotopic (exact) mass is 178 g/mol. The van der Waals surface area contributed by atoms with Crippen molar-refractivity contribution < 1.29 is 5.11 Å². The third-order valence-corrected chi connectivity index (χ3v) is 1.73. The van der Waals surface area contributed by atoms with Gasteiger partial charge in [0.15, 0.2) is 0 Å². The van der Waals surface area contributed by atoms with Crippen LogP contribution in [0.2, 0.25) is 0 Å². The number of nitrogens with zero attached hydrogens (tertiary/aromatic N) is 1. The van der Waals surface area contributed by atoms with Crippen LogP contribution in [0.15, 0.2) is 18.2 Å². The molecule has 2 aromatic rings. The lowest BCUT2D eigenvalue weighted by molar-refractivity contribution is 0.476. The summed E-state index contributed by atoms with van der Waals surface area (Å²) < 4.78 is 0. The van der Waals surface area contributed by atoms with Crippen molar-refractivity contribution in [3.8, 4) is 5.75 Å². The van der Waals surface area contributed by atoms with E-state index in [-0.39, 0.29) is 5.75 Å². The van der Waals surface area contributed by atoms with Gasteiger partial charge in [0, 0.05) is 11.1 Å². The fraction of sp³-hybridized carbons (Fsp3) is 0.300. The van der Waals surface area contributed by atoms with Crippen molar-refractivity contribution in [2.45, 2.75) is 20.8 Å². The van der Waals surface area contributed by atoms with E-state index in [1.165, 1.54) is 0 Å². The Hall–Kier alpha value is -1.51. The van der Waals surface area contributed by atoms with Gasteiger partial charge >= 0.3 is 0 Å². The van der Waals surface area contributed by atoms with Crippen LogP contribution < -0.4 is 0 Å². The maximum atomic E-state index is 9.13. The predicted molar refractivity (Wildman–Crippen MR) is 53.8 cm³/mol. The lowest BCUT2D eigenvalue weighted by Gasteiger charge is -1.90. The number of rotatable bonds is 0. The van der Waals surface area contributed by atoms with Crippen LogP contribution in [0.1, 0.15) is 19.5 Å². The molecule has 0 spiro atoms. The molecule has 1 heterocycles. The van der Waals surface area contributed by atoms with Crippen LogP contribution in [0.3, 0.4) is 0 Å². The fourth-order valence-corrected chi connectivity index (χ4v) is 1.13. The summed E-state index contributed by atoms with van der Waals surface area (Å²) in [5.74, 6) is 0.280. The SMILES string of the molecule is CC.Cc1[nH]nc2ccc(O)cc12. The van der Waals surface area contributed by atoms with E-state index in [0.29, 0.717) is 0 Å². The smallest absolute Gasteiger partial charge is 0.116 e. The molecule has 0 saturated carbocycles. The van der Waals surface area contributed by atoms with E-state index in [1.807, 2.05) is 20.8 Å². The first-order chi connectivity index (χ1) is 6.27. The molecule has 3 nitrogen and oxygen atoms in total. The van der Waals surface area contributed by atoms with Crippen LogP contribution in [0.5, 0.6) is 5.75 Å². The van der Waals surface area contributed by atoms with Gasteiger partial charge in [0.05, 0.1) is 5.52 Å². The highest BCUT2D eigenvalue weighted by molar-refractivity contribution is 5.82. The zero-order valence-corrected chi connectivity index (χ0v) is 8.13. The summed E-state index contributed by atoms with van der Waals surface area (Å²) in [6.07, 6.45) is 0. The van der Waals surface area contributed by atoms with Crippen LogP contribution in [0.25, 0.3) is 10.9 Å². The maximum Gasteiger partial charge on any atom is 0.116 e. The highest BCUT2D eigenvalue weighted by Crippen LogP contribution is 2.19. The number of phenolic OH excluding ortho intramolecular Hbond substituents is 1. The molecule has 2 N–H and O–H groups in total. The molecule has 0 aliphatic heterocycles. The summed E-state index contributed by atoms with van der Waals surface area (Å²) >= 11 is 0. The van der Waals surface area contributed by atoms with Crippen molar-refractivity contribution in [3.05, 3.63) is 23.9 Å². The summed E-state index contributed by atoms with van der Waals surface area (Å²) in [5.41, 5.74) is 1.87. The number of aryl methyl sites for hydroxylation is 1. The van der Waals surface area contributed by atoms with Gasteiger partial charge in [-0.05, 0) is 25.1 Å². The van der Waals surface area contributed by atoms with Crippen LogP contribution in [0.4, 0.5) is 0 Å². The molecule has 0 fully saturated rings. The second-order valence-corrected chi connectivity index (χ2v) is 2.55. The number of H-pyrrole nitrogens is 1. The third kappa shape index (κ3) is 1.80. The highest BCUT2D eigenvalue weighted by Gasteiger charge is 2.00. The Morgan fingerprint density at radius 3 is 2.69 bits per heavy atom. The third-order valence-electron chi connectivity index (χ3n) is 1.73. The van der Waals surface area contributed by atoms with Gasteiger partial charge in [0.1, 0.15) is 5.75 Å². The molecule has 70 valence electrons. The maximum absolute atomic E-state index is 9.13. The second-order valence-electron chi connectivity index (χ2n) is 2.55. The summed E-state index contributed by atoms with van der Waals surface area (Å²) in [6.45, 7) is 5.93. The summed E-state index contributed by atoms with van der Waals surface area (Å²) in [5, 5.41) is 17.0. The highest BCUT2D eigenvalue weighted by atomic mass is 16.3. The van der Waals surface area contributed by atoms with E-state index < -0.39 is 0 Å². The number of hydrogen-bond donors (Lipinski definition) is 2. The second kappa shape index (κ2) is 3.94. The summed E-state index contributed by atoms with van der Waals surface area (Å²) in [7, 11) is 0. The Morgan fingerprint density at radius 1 is 1.31 bits per heavy atom. The van der Waals surface area contributed by atoms with Gasteiger partial charge in [-0.2, -0.15) is 5.10 Å². The van der Waals surface area contributed by atoms with Crippen molar-refractivity contribution in [2.75, 3.05) is 0 Å². The number of fused-ring (bicyclic) bond motifs is 1. The molecule has 13 heavy (non-hydrogen) atoms. The first-order valence-corrected chi connectivity index (χ1v) is 4.41. The molecule has 0 aliphatic carbocycles. The largest absolute Gasteiger partial charge is 0.508 e. The minimum atomic E-state index is 0.280. The van der Waals surface area contributed by atoms with Gasteiger partial charge in [-0.25, -0.2) is 0 Å². The lowest BCUT2D eigenvalue weighted by Crippen LogP contribution is -1.69. The predicted octanol–water partition coefficient (Wildman–Crippen LogP) is 2.60. The summed E-state index contributed by atoms with van der Waals surface area (Å²) in [4.78, 5) is 0. The number of benzene rings is 1. The number of aromatic nitrogens is 2. The Balaban J connectivity index is 0.000000396. The topological polar surface area (TPSA) is 48.9 Å². The van der Waals surface area contributed by atoms with Gasteiger partial charge in [-0.15, -0.1) is 0 Å². The van der Waals surface area contributed by atoms with E-state index in [9.17, 15) is 0 Å². The molecule has 3 heteroatoms.